The van der Waals surface area contributed by atoms with Crippen LogP contribution in [0.15, 0.2) is 18.2 Å². The molecule has 0 bridgehead atoms. The van der Waals surface area contributed by atoms with Gasteiger partial charge in [-0.25, -0.2) is 4.39 Å². The Hall–Kier alpha value is -0.890. The van der Waals surface area contributed by atoms with E-state index in [1.807, 2.05) is 13.0 Å². The molecule has 88 valence electrons. The van der Waals surface area contributed by atoms with Crippen LogP contribution in [-0.2, 0) is 5.41 Å². The van der Waals surface area contributed by atoms with Crippen molar-refractivity contribution in [1.29, 1.82) is 0 Å². The molecule has 1 aliphatic carbocycles. The number of halogens is 1. The van der Waals surface area contributed by atoms with Gasteiger partial charge in [-0.15, -0.1) is 0 Å². The third-order valence-electron chi connectivity index (χ3n) is 3.80. The number of rotatable bonds is 3. The number of hydrogen-bond acceptors (Lipinski definition) is 1. The fraction of sp³-hybridized carbons (Fsp3) is 0.571. The molecule has 1 aromatic rings. The van der Waals surface area contributed by atoms with Gasteiger partial charge in [-0.05, 0) is 50.6 Å². The van der Waals surface area contributed by atoms with Gasteiger partial charge in [0.15, 0.2) is 0 Å². The van der Waals surface area contributed by atoms with Crippen LogP contribution in [0.25, 0.3) is 0 Å². The molecule has 0 radical (unpaired) electrons. The van der Waals surface area contributed by atoms with Crippen molar-refractivity contribution in [3.8, 4) is 0 Å². The zero-order chi connectivity index (χ0) is 11.9. The largest absolute Gasteiger partial charge is 0.309 e. The molecule has 1 nitrogen and oxygen atoms in total. The van der Waals surface area contributed by atoms with Gasteiger partial charge in [0.25, 0.3) is 0 Å². The van der Waals surface area contributed by atoms with E-state index >= 15 is 0 Å². The van der Waals surface area contributed by atoms with Crippen LogP contribution in [0.2, 0.25) is 0 Å². The second-order valence-corrected chi connectivity index (χ2v) is 5.46. The second-order valence-electron chi connectivity index (χ2n) is 5.46. The minimum Gasteiger partial charge on any atom is -0.309 e. The molecule has 2 heteroatoms. The van der Waals surface area contributed by atoms with Gasteiger partial charge in [0.05, 0.1) is 0 Å². The summed E-state index contributed by atoms with van der Waals surface area (Å²) in [6, 6.07) is 5.71. The summed E-state index contributed by atoms with van der Waals surface area (Å²) in [6.07, 6.45) is 1.17. The Morgan fingerprint density at radius 3 is 2.50 bits per heavy atom. The Morgan fingerprint density at radius 1 is 1.44 bits per heavy atom. The van der Waals surface area contributed by atoms with Crippen LogP contribution in [0.1, 0.15) is 24.5 Å². The Kier molecular flexibility index (Phi) is 2.79. The zero-order valence-corrected chi connectivity index (χ0v) is 10.5. The SMILES string of the molecule is Cc1ccc(C2(CN(C)C)C[C@H]2C)cc1F. The molecule has 0 heterocycles. The fourth-order valence-corrected chi connectivity index (χ4v) is 2.67. The highest BCUT2D eigenvalue weighted by Gasteiger charge is 2.52. The van der Waals surface area contributed by atoms with Gasteiger partial charge in [0.2, 0.25) is 0 Å². The maximum atomic E-state index is 13.6. The number of benzene rings is 1. The van der Waals surface area contributed by atoms with Crippen LogP contribution < -0.4 is 0 Å². The van der Waals surface area contributed by atoms with Crippen LogP contribution in [0.5, 0.6) is 0 Å². The van der Waals surface area contributed by atoms with Crippen LogP contribution in [0.4, 0.5) is 4.39 Å². The predicted octanol–water partition coefficient (Wildman–Crippen LogP) is 2.97. The Labute approximate surface area is 97.3 Å². The molecule has 0 amide bonds. The molecule has 1 aliphatic rings. The number of hydrogen-bond donors (Lipinski definition) is 0. The van der Waals surface area contributed by atoms with E-state index in [4.69, 9.17) is 0 Å². The first-order valence-corrected chi connectivity index (χ1v) is 5.87. The van der Waals surface area contributed by atoms with Gasteiger partial charge in [-0.2, -0.15) is 0 Å². The average molecular weight is 221 g/mol. The first kappa shape index (κ1) is 11.6. The standard InChI is InChI=1S/C14H20FN/c1-10-5-6-12(7-13(10)15)14(8-11(14)2)9-16(3)4/h5-7,11H,8-9H2,1-4H3/t11-,14?/m1/s1. The van der Waals surface area contributed by atoms with E-state index in [1.165, 1.54) is 6.42 Å². The lowest BCUT2D eigenvalue weighted by Crippen LogP contribution is -2.27. The number of aryl methyl sites for hydroxylation is 1. The van der Waals surface area contributed by atoms with Gasteiger partial charge in [0.1, 0.15) is 5.82 Å². The molecule has 1 unspecified atom stereocenters. The van der Waals surface area contributed by atoms with E-state index in [2.05, 4.69) is 32.0 Å². The minimum absolute atomic E-state index is 0.0743. The van der Waals surface area contributed by atoms with Crippen molar-refractivity contribution < 1.29 is 4.39 Å². The molecule has 2 rings (SSSR count). The monoisotopic (exact) mass is 221 g/mol. The third kappa shape index (κ3) is 1.86. The van der Waals surface area contributed by atoms with Gasteiger partial charge in [0, 0.05) is 12.0 Å². The maximum absolute atomic E-state index is 13.6. The van der Waals surface area contributed by atoms with Crippen molar-refractivity contribution >= 4 is 0 Å². The summed E-state index contributed by atoms with van der Waals surface area (Å²) in [5, 5.41) is 0. The van der Waals surface area contributed by atoms with Gasteiger partial charge in [-0.1, -0.05) is 19.1 Å². The molecule has 0 N–H and O–H groups in total. The van der Waals surface area contributed by atoms with Crippen molar-refractivity contribution in [3.05, 3.63) is 35.1 Å². The quantitative estimate of drug-likeness (QED) is 0.758. The molecule has 16 heavy (non-hydrogen) atoms. The van der Waals surface area contributed by atoms with Crippen LogP contribution in [0, 0.1) is 18.7 Å². The van der Waals surface area contributed by atoms with Crippen molar-refractivity contribution in [2.75, 3.05) is 20.6 Å². The lowest BCUT2D eigenvalue weighted by atomic mass is 9.92. The lowest BCUT2D eigenvalue weighted by Gasteiger charge is -2.22. The van der Waals surface area contributed by atoms with Crippen molar-refractivity contribution in [3.63, 3.8) is 0 Å². The lowest BCUT2D eigenvalue weighted by molar-refractivity contribution is 0.351. The summed E-state index contributed by atoms with van der Waals surface area (Å²) < 4.78 is 13.6. The Balaban J connectivity index is 2.31. The highest BCUT2D eigenvalue weighted by atomic mass is 19.1. The number of nitrogens with zero attached hydrogens (tertiary/aromatic N) is 1. The molecule has 1 fully saturated rings. The smallest absolute Gasteiger partial charge is 0.126 e. The summed E-state index contributed by atoms with van der Waals surface area (Å²) >= 11 is 0. The van der Waals surface area contributed by atoms with E-state index in [-0.39, 0.29) is 11.2 Å². The molecular formula is C14H20FN. The summed E-state index contributed by atoms with van der Waals surface area (Å²) in [5.74, 6) is 0.590. The van der Waals surface area contributed by atoms with E-state index in [1.54, 1.807) is 6.07 Å². The summed E-state index contributed by atoms with van der Waals surface area (Å²) in [4.78, 5) is 2.20. The third-order valence-corrected chi connectivity index (χ3v) is 3.80. The Morgan fingerprint density at radius 2 is 2.06 bits per heavy atom. The molecule has 0 spiro atoms. The molecule has 2 atom stereocenters. The number of likely N-dealkylation sites (N-methyl/N-ethyl adjacent to an activating group) is 1. The van der Waals surface area contributed by atoms with Gasteiger partial charge in [-0.3, -0.25) is 0 Å². The van der Waals surface area contributed by atoms with Crippen LogP contribution >= 0.6 is 0 Å². The molecular weight excluding hydrogens is 201 g/mol. The van der Waals surface area contributed by atoms with Crippen LogP contribution in [0.3, 0.4) is 0 Å². The van der Waals surface area contributed by atoms with Crippen molar-refractivity contribution in [1.82, 2.24) is 4.90 Å². The molecule has 1 aromatic carbocycles. The normalized spacial score (nSPS) is 28.5. The first-order chi connectivity index (χ1) is 7.45. The molecule has 0 aliphatic heterocycles. The summed E-state index contributed by atoms with van der Waals surface area (Å²) in [6.45, 7) is 5.08. The fourth-order valence-electron chi connectivity index (χ4n) is 2.67. The zero-order valence-electron chi connectivity index (χ0n) is 10.5. The van der Waals surface area contributed by atoms with E-state index in [0.717, 1.165) is 17.7 Å². The molecule has 0 aromatic heterocycles. The summed E-state index contributed by atoms with van der Waals surface area (Å²) in [5.41, 5.74) is 2.09. The minimum atomic E-state index is -0.0743. The first-order valence-electron chi connectivity index (χ1n) is 5.87. The Bertz CT molecular complexity index is 400. The van der Waals surface area contributed by atoms with Gasteiger partial charge < -0.3 is 4.90 Å². The molecule has 0 saturated heterocycles. The van der Waals surface area contributed by atoms with E-state index < -0.39 is 0 Å². The predicted molar refractivity (Wildman–Crippen MR) is 65.2 cm³/mol. The van der Waals surface area contributed by atoms with E-state index in [9.17, 15) is 4.39 Å². The topological polar surface area (TPSA) is 3.24 Å². The average Bonchev–Trinajstić information content (AvgIpc) is 2.81. The summed E-state index contributed by atoms with van der Waals surface area (Å²) in [7, 11) is 4.16. The second kappa shape index (κ2) is 3.85. The highest BCUT2D eigenvalue weighted by molar-refractivity contribution is 5.36. The van der Waals surface area contributed by atoms with Crippen LogP contribution in [-0.4, -0.2) is 25.5 Å². The van der Waals surface area contributed by atoms with Crippen molar-refractivity contribution in [2.24, 2.45) is 5.92 Å². The van der Waals surface area contributed by atoms with E-state index in [0.29, 0.717) is 5.92 Å². The maximum Gasteiger partial charge on any atom is 0.126 e. The van der Waals surface area contributed by atoms with Gasteiger partial charge >= 0.3 is 0 Å². The molecule has 1 saturated carbocycles. The van der Waals surface area contributed by atoms with Crippen molar-refractivity contribution in [2.45, 2.75) is 25.7 Å². The highest BCUT2D eigenvalue weighted by Crippen LogP contribution is 2.54.